The van der Waals surface area contributed by atoms with Crippen molar-refractivity contribution in [1.82, 2.24) is 10.9 Å². The first-order chi connectivity index (χ1) is 6.68. The van der Waals surface area contributed by atoms with E-state index in [9.17, 15) is 4.39 Å². The molecule has 3 unspecified atom stereocenters. The second-order valence-electron chi connectivity index (χ2n) is 3.29. The lowest BCUT2D eigenvalue weighted by molar-refractivity contribution is 0.549. The monoisotopic (exact) mass is 215 g/mol. The Hall–Kier alpha value is -0.680. The molecule has 1 aliphatic heterocycles. The van der Waals surface area contributed by atoms with Gasteiger partial charge in [-0.15, -0.1) is 11.6 Å². The lowest BCUT2D eigenvalue weighted by Gasteiger charge is -2.14. The topological polar surface area (TPSA) is 50.1 Å². The van der Waals surface area contributed by atoms with Gasteiger partial charge in [0.1, 0.15) is 5.82 Å². The van der Waals surface area contributed by atoms with E-state index in [2.05, 4.69) is 10.9 Å². The molecule has 0 aliphatic carbocycles. The molecule has 1 saturated heterocycles. The van der Waals surface area contributed by atoms with Crippen LogP contribution < -0.4 is 16.6 Å². The lowest BCUT2D eigenvalue weighted by atomic mass is 10.0. The molecule has 3 atom stereocenters. The molecule has 76 valence electrons. The Balaban J connectivity index is 2.23. The number of hydrogen-bond acceptors (Lipinski definition) is 3. The zero-order chi connectivity index (χ0) is 10.1. The maximum absolute atomic E-state index is 12.9. The molecule has 0 amide bonds. The quantitative estimate of drug-likeness (QED) is 0.610. The highest BCUT2D eigenvalue weighted by Gasteiger charge is 2.32. The maximum atomic E-state index is 12.9. The number of nitrogens with two attached hydrogens (primary N) is 1. The summed E-state index contributed by atoms with van der Waals surface area (Å²) in [6.45, 7) is 0. The molecule has 1 heterocycles. The highest BCUT2D eigenvalue weighted by Crippen LogP contribution is 2.25. The van der Waals surface area contributed by atoms with Crippen LogP contribution in [0.3, 0.4) is 0 Å². The van der Waals surface area contributed by atoms with E-state index >= 15 is 0 Å². The summed E-state index contributed by atoms with van der Waals surface area (Å²) in [5.41, 5.74) is 12.2. The number of benzene rings is 1. The minimum absolute atomic E-state index is 0.151. The zero-order valence-electron chi connectivity index (χ0n) is 7.37. The summed E-state index contributed by atoms with van der Waals surface area (Å²) in [5.74, 6) is -0.270. The van der Waals surface area contributed by atoms with E-state index in [4.69, 9.17) is 17.3 Å². The summed E-state index contributed by atoms with van der Waals surface area (Å²) in [6, 6.07) is 6.17. The van der Waals surface area contributed by atoms with Gasteiger partial charge in [-0.05, 0) is 17.7 Å². The second-order valence-corrected chi connectivity index (χ2v) is 3.80. The van der Waals surface area contributed by atoms with Crippen LogP contribution >= 0.6 is 11.6 Å². The number of alkyl halides is 1. The van der Waals surface area contributed by atoms with Gasteiger partial charge in [0.15, 0.2) is 0 Å². The Bertz CT molecular complexity index is 334. The second kappa shape index (κ2) is 3.82. The van der Waals surface area contributed by atoms with Crippen LogP contribution in [-0.4, -0.2) is 11.5 Å². The predicted molar refractivity (Wildman–Crippen MR) is 53.0 cm³/mol. The summed E-state index contributed by atoms with van der Waals surface area (Å²) in [7, 11) is 0. The summed E-state index contributed by atoms with van der Waals surface area (Å²) in [5, 5.41) is -0.281. The highest BCUT2D eigenvalue weighted by atomic mass is 35.5. The lowest BCUT2D eigenvalue weighted by Crippen LogP contribution is -2.39. The van der Waals surface area contributed by atoms with Crippen molar-refractivity contribution in [3.05, 3.63) is 35.6 Å². The normalized spacial score (nSPS) is 32.1. The third kappa shape index (κ3) is 1.74. The van der Waals surface area contributed by atoms with E-state index in [-0.39, 0.29) is 23.4 Å². The van der Waals surface area contributed by atoms with Gasteiger partial charge < -0.3 is 5.73 Å². The molecule has 2 rings (SSSR count). The van der Waals surface area contributed by atoms with Gasteiger partial charge in [-0.3, -0.25) is 0 Å². The van der Waals surface area contributed by atoms with E-state index in [1.165, 1.54) is 12.1 Å². The van der Waals surface area contributed by atoms with E-state index in [1.54, 1.807) is 6.07 Å². The maximum Gasteiger partial charge on any atom is 0.123 e. The largest absolute Gasteiger partial charge is 0.314 e. The molecule has 14 heavy (non-hydrogen) atoms. The van der Waals surface area contributed by atoms with Crippen molar-refractivity contribution in [1.29, 1.82) is 0 Å². The predicted octanol–water partition coefficient (Wildman–Crippen LogP) is 0.867. The standard InChI is InChI=1S/C9H11ClFN3/c10-7-8(13-14-9(7)12)5-2-1-3-6(11)4-5/h1-4,7-9,13-14H,12H2. The first kappa shape index (κ1) is 9.86. The van der Waals surface area contributed by atoms with Crippen molar-refractivity contribution < 1.29 is 4.39 Å². The Kier molecular flexibility index (Phi) is 2.69. The van der Waals surface area contributed by atoms with Crippen molar-refractivity contribution in [2.75, 3.05) is 0 Å². The number of hydrogen-bond donors (Lipinski definition) is 3. The molecule has 0 radical (unpaired) electrons. The first-order valence-electron chi connectivity index (χ1n) is 4.34. The average molecular weight is 216 g/mol. The summed E-state index contributed by atoms with van der Waals surface area (Å²) < 4.78 is 12.9. The van der Waals surface area contributed by atoms with E-state index in [0.717, 1.165) is 5.56 Å². The molecule has 0 spiro atoms. The first-order valence-corrected chi connectivity index (χ1v) is 4.78. The van der Waals surface area contributed by atoms with Crippen molar-refractivity contribution in [3.63, 3.8) is 0 Å². The van der Waals surface area contributed by atoms with Gasteiger partial charge in [0.2, 0.25) is 0 Å². The summed E-state index contributed by atoms with van der Waals surface area (Å²) >= 11 is 6.04. The molecule has 0 aromatic heterocycles. The van der Waals surface area contributed by atoms with Crippen molar-refractivity contribution in [2.24, 2.45) is 5.73 Å². The van der Waals surface area contributed by atoms with Gasteiger partial charge in [-0.2, -0.15) is 0 Å². The van der Waals surface area contributed by atoms with Crippen LogP contribution in [-0.2, 0) is 0 Å². The number of nitrogens with one attached hydrogen (secondary N) is 2. The van der Waals surface area contributed by atoms with Gasteiger partial charge in [0.05, 0.1) is 17.6 Å². The van der Waals surface area contributed by atoms with Crippen LogP contribution in [0.15, 0.2) is 24.3 Å². The van der Waals surface area contributed by atoms with Gasteiger partial charge in [0, 0.05) is 0 Å². The van der Waals surface area contributed by atoms with Gasteiger partial charge in [-0.1, -0.05) is 12.1 Å². The molecule has 1 fully saturated rings. The fraction of sp³-hybridized carbons (Fsp3) is 0.333. The smallest absolute Gasteiger partial charge is 0.123 e. The molecular formula is C9H11ClFN3. The van der Waals surface area contributed by atoms with E-state index in [1.807, 2.05) is 6.07 Å². The Morgan fingerprint density at radius 2 is 2.14 bits per heavy atom. The van der Waals surface area contributed by atoms with Crippen LogP contribution in [0.5, 0.6) is 0 Å². The Morgan fingerprint density at radius 1 is 1.36 bits per heavy atom. The third-order valence-electron chi connectivity index (χ3n) is 2.27. The SMILES string of the molecule is NC1NNC(c2cccc(F)c2)C1Cl. The molecule has 4 N–H and O–H groups in total. The van der Waals surface area contributed by atoms with Gasteiger partial charge >= 0.3 is 0 Å². The zero-order valence-corrected chi connectivity index (χ0v) is 8.13. The van der Waals surface area contributed by atoms with E-state index in [0.29, 0.717) is 0 Å². The molecule has 0 saturated carbocycles. The molecule has 3 nitrogen and oxygen atoms in total. The van der Waals surface area contributed by atoms with Crippen LogP contribution in [0.25, 0.3) is 0 Å². The van der Waals surface area contributed by atoms with Crippen molar-refractivity contribution in [3.8, 4) is 0 Å². The molecule has 0 bridgehead atoms. The van der Waals surface area contributed by atoms with Crippen LogP contribution in [0, 0.1) is 5.82 Å². The van der Waals surface area contributed by atoms with Crippen LogP contribution in [0.1, 0.15) is 11.6 Å². The fourth-order valence-electron chi connectivity index (χ4n) is 1.52. The summed E-state index contributed by atoms with van der Waals surface area (Å²) in [4.78, 5) is 0. The van der Waals surface area contributed by atoms with Crippen molar-refractivity contribution >= 4 is 11.6 Å². The minimum atomic E-state index is -0.315. The molecule has 5 heteroatoms. The van der Waals surface area contributed by atoms with E-state index < -0.39 is 0 Å². The Labute approximate surface area is 86.4 Å². The third-order valence-corrected chi connectivity index (χ3v) is 2.80. The summed E-state index contributed by atoms with van der Waals surface area (Å²) in [6.07, 6.45) is -0.315. The fourth-order valence-corrected chi connectivity index (χ4v) is 1.79. The molecule has 1 aromatic carbocycles. The average Bonchev–Trinajstić information content (AvgIpc) is 2.48. The highest BCUT2D eigenvalue weighted by molar-refractivity contribution is 6.21. The number of hydrazine groups is 1. The van der Waals surface area contributed by atoms with Gasteiger partial charge in [0.25, 0.3) is 0 Å². The van der Waals surface area contributed by atoms with Crippen LogP contribution in [0.4, 0.5) is 4.39 Å². The van der Waals surface area contributed by atoms with Crippen LogP contribution in [0.2, 0.25) is 0 Å². The van der Waals surface area contributed by atoms with Crippen molar-refractivity contribution in [2.45, 2.75) is 17.6 Å². The number of rotatable bonds is 1. The minimum Gasteiger partial charge on any atom is -0.314 e. The molecule has 1 aliphatic rings. The molecular weight excluding hydrogens is 205 g/mol. The number of halogens is 2. The molecule has 1 aromatic rings. The van der Waals surface area contributed by atoms with Gasteiger partial charge in [-0.25, -0.2) is 15.2 Å². The Morgan fingerprint density at radius 3 is 2.71 bits per heavy atom.